The zero-order chi connectivity index (χ0) is 35.3. The summed E-state index contributed by atoms with van der Waals surface area (Å²) in [6.45, 7) is 18.6. The molecule has 0 unspecified atom stereocenters. The van der Waals surface area contributed by atoms with Crippen LogP contribution in [0.4, 0.5) is 0 Å². The van der Waals surface area contributed by atoms with Gasteiger partial charge in [0.1, 0.15) is 11.2 Å². The molecule has 248 valence electrons. The number of hydrogen-bond donors (Lipinski definition) is 0. The Morgan fingerprint density at radius 2 is 0.784 bits per heavy atom. The van der Waals surface area contributed by atoms with E-state index in [0.29, 0.717) is 0 Å². The van der Waals surface area contributed by atoms with Crippen LogP contribution in [0, 0.1) is 55.4 Å². The maximum absolute atomic E-state index is 6.84. The van der Waals surface area contributed by atoms with Crippen molar-refractivity contribution in [1.82, 2.24) is 0 Å². The van der Waals surface area contributed by atoms with E-state index in [1.165, 1.54) is 99.1 Å². The molecule has 0 radical (unpaired) electrons. The molecule has 0 fully saturated rings. The molecule has 0 spiro atoms. The van der Waals surface area contributed by atoms with Crippen LogP contribution >= 0.6 is 0 Å². The summed E-state index contributed by atoms with van der Waals surface area (Å²) >= 11 is 0. The van der Waals surface area contributed by atoms with Gasteiger partial charge in [-0.25, -0.2) is 0 Å². The summed E-state index contributed by atoms with van der Waals surface area (Å²) in [6.07, 6.45) is 0. The molecule has 0 N–H and O–H groups in total. The summed E-state index contributed by atoms with van der Waals surface area (Å²) in [5, 5.41) is 10.1. The lowest BCUT2D eigenvalue weighted by Gasteiger charge is -2.27. The smallest absolute Gasteiger partial charge is 0.143 e. The van der Waals surface area contributed by atoms with Gasteiger partial charge < -0.3 is 4.42 Å². The molecule has 0 aliphatic carbocycles. The molecule has 9 rings (SSSR count). The van der Waals surface area contributed by atoms with Crippen LogP contribution in [0.1, 0.15) is 44.5 Å². The van der Waals surface area contributed by atoms with Crippen molar-refractivity contribution >= 4 is 54.3 Å². The lowest BCUT2D eigenvalue weighted by molar-refractivity contribution is 0.670. The highest BCUT2D eigenvalue weighted by Crippen LogP contribution is 2.52. The minimum absolute atomic E-state index is 0.921. The van der Waals surface area contributed by atoms with Crippen molar-refractivity contribution in [3.05, 3.63) is 154 Å². The first-order valence-corrected chi connectivity index (χ1v) is 18.1. The highest BCUT2D eigenvalue weighted by atomic mass is 16.3. The lowest BCUT2D eigenvalue weighted by Crippen LogP contribution is -2.03. The van der Waals surface area contributed by atoms with Crippen molar-refractivity contribution in [3.63, 3.8) is 0 Å². The molecule has 1 aromatic heterocycles. The summed E-state index contributed by atoms with van der Waals surface area (Å²) in [4.78, 5) is 0. The van der Waals surface area contributed by atoms with Gasteiger partial charge in [-0.05, 0) is 184 Å². The highest BCUT2D eigenvalue weighted by molar-refractivity contribution is 6.26. The predicted octanol–water partition coefficient (Wildman–Crippen LogP) is 14.5. The Balaban J connectivity index is 1.57. The van der Waals surface area contributed by atoms with E-state index in [0.717, 1.165) is 33.1 Å². The van der Waals surface area contributed by atoms with E-state index in [9.17, 15) is 0 Å². The molecule has 1 nitrogen and oxygen atoms in total. The van der Waals surface area contributed by atoms with E-state index < -0.39 is 0 Å². The number of hydrogen-bond acceptors (Lipinski definition) is 1. The Morgan fingerprint density at radius 3 is 1.29 bits per heavy atom. The van der Waals surface area contributed by atoms with Gasteiger partial charge in [-0.15, -0.1) is 0 Å². The molecule has 0 saturated heterocycles. The Hall–Kier alpha value is -5.66. The van der Waals surface area contributed by atoms with Crippen molar-refractivity contribution in [2.75, 3.05) is 0 Å². The Kier molecular flexibility index (Phi) is 7.03. The van der Waals surface area contributed by atoms with Gasteiger partial charge in [0.15, 0.2) is 0 Å². The molecule has 1 heterocycles. The molecule has 0 aliphatic heterocycles. The fourth-order valence-corrected chi connectivity index (χ4v) is 8.85. The average Bonchev–Trinajstić information content (AvgIpc) is 3.52. The monoisotopic (exact) mass is 658 g/mol. The van der Waals surface area contributed by atoms with Crippen molar-refractivity contribution in [3.8, 4) is 33.4 Å². The molecular weight excluding hydrogens is 617 g/mol. The third kappa shape index (κ3) is 4.47. The first-order chi connectivity index (χ1) is 24.7. The van der Waals surface area contributed by atoms with Gasteiger partial charge >= 0.3 is 0 Å². The van der Waals surface area contributed by atoms with Gasteiger partial charge in [0.25, 0.3) is 0 Å². The Bertz CT molecular complexity index is 2820. The van der Waals surface area contributed by atoms with Gasteiger partial charge in [-0.3, -0.25) is 0 Å². The third-order valence-corrected chi connectivity index (χ3v) is 12.2. The van der Waals surface area contributed by atoms with Crippen LogP contribution in [-0.2, 0) is 0 Å². The van der Waals surface area contributed by atoms with Crippen molar-refractivity contribution < 1.29 is 4.42 Å². The van der Waals surface area contributed by atoms with Crippen LogP contribution < -0.4 is 0 Å². The summed E-state index contributed by atoms with van der Waals surface area (Å²) in [5.41, 5.74) is 20.2. The van der Waals surface area contributed by atoms with Crippen LogP contribution in [0.2, 0.25) is 0 Å². The molecular formula is C50H42O. The highest BCUT2D eigenvalue weighted by Gasteiger charge is 2.27. The molecule has 1 heteroatoms. The van der Waals surface area contributed by atoms with Crippen molar-refractivity contribution in [2.45, 2.75) is 55.4 Å². The third-order valence-electron chi connectivity index (χ3n) is 12.2. The topological polar surface area (TPSA) is 13.1 Å². The van der Waals surface area contributed by atoms with E-state index >= 15 is 0 Å². The summed E-state index contributed by atoms with van der Waals surface area (Å²) in [6, 6.07) is 39.8. The minimum atomic E-state index is 0.921. The second-order valence-corrected chi connectivity index (χ2v) is 14.7. The minimum Gasteiger partial charge on any atom is -0.455 e. The summed E-state index contributed by atoms with van der Waals surface area (Å²) in [5.74, 6) is 0. The molecule has 51 heavy (non-hydrogen) atoms. The van der Waals surface area contributed by atoms with Gasteiger partial charge in [0, 0.05) is 16.3 Å². The lowest BCUT2D eigenvalue weighted by atomic mass is 9.76. The van der Waals surface area contributed by atoms with Crippen LogP contribution in [0.25, 0.3) is 87.6 Å². The SMILES string of the molecule is Cc1c(C)c(C)c2c(-c3cc(-c4ccccc4)c4oc5cc6ccccc6cc5c4c3)c3c(C)c(C)c(C)c(C)c3c(-c3ccccc3)c2c1C. The van der Waals surface area contributed by atoms with Gasteiger partial charge in [0.2, 0.25) is 0 Å². The summed E-state index contributed by atoms with van der Waals surface area (Å²) < 4.78 is 6.84. The predicted molar refractivity (Wildman–Crippen MR) is 220 cm³/mol. The van der Waals surface area contributed by atoms with E-state index in [1.807, 2.05) is 0 Å². The maximum atomic E-state index is 6.84. The Morgan fingerprint density at radius 1 is 0.353 bits per heavy atom. The van der Waals surface area contributed by atoms with E-state index in [4.69, 9.17) is 4.42 Å². The number of fused-ring (bicyclic) bond motifs is 6. The summed E-state index contributed by atoms with van der Waals surface area (Å²) in [7, 11) is 0. The zero-order valence-corrected chi connectivity index (χ0v) is 30.8. The quantitative estimate of drug-likeness (QED) is 0.172. The number of benzene rings is 8. The zero-order valence-electron chi connectivity index (χ0n) is 30.8. The second-order valence-electron chi connectivity index (χ2n) is 14.7. The van der Waals surface area contributed by atoms with Gasteiger partial charge in [-0.1, -0.05) is 84.9 Å². The number of rotatable bonds is 3. The van der Waals surface area contributed by atoms with Crippen molar-refractivity contribution in [2.24, 2.45) is 0 Å². The standard InChI is InChI=1S/C50H42O/c1-27-29(3)33(7)46-44(31(27)5)48(36-19-13-10-14-20-36)45-32(6)28(2)30(4)34(8)47(45)49(46)39-24-40(35-17-11-9-12-18-35)50-42(25-39)41-23-37-21-15-16-22-38(37)26-43(41)51-50/h9-26H,1-8H3. The molecule has 0 amide bonds. The second kappa shape index (κ2) is 11.4. The molecule has 0 atom stereocenters. The van der Waals surface area contributed by atoms with Crippen LogP contribution in [-0.4, -0.2) is 0 Å². The fraction of sp³-hybridized carbons (Fsp3) is 0.160. The molecule has 8 aromatic carbocycles. The maximum Gasteiger partial charge on any atom is 0.143 e. The van der Waals surface area contributed by atoms with Crippen LogP contribution in [0.5, 0.6) is 0 Å². The first-order valence-electron chi connectivity index (χ1n) is 18.1. The van der Waals surface area contributed by atoms with E-state index in [2.05, 4.69) is 165 Å². The Labute approximate surface area is 300 Å². The largest absolute Gasteiger partial charge is 0.455 e. The van der Waals surface area contributed by atoms with Crippen molar-refractivity contribution in [1.29, 1.82) is 0 Å². The average molecular weight is 659 g/mol. The van der Waals surface area contributed by atoms with E-state index in [-0.39, 0.29) is 0 Å². The number of aryl methyl sites for hydroxylation is 4. The van der Waals surface area contributed by atoms with Crippen LogP contribution in [0.3, 0.4) is 0 Å². The molecule has 0 saturated carbocycles. The molecule has 9 aromatic rings. The fourth-order valence-electron chi connectivity index (χ4n) is 8.85. The van der Waals surface area contributed by atoms with Gasteiger partial charge in [-0.2, -0.15) is 0 Å². The normalized spacial score (nSPS) is 11.9. The van der Waals surface area contributed by atoms with E-state index in [1.54, 1.807) is 0 Å². The first kappa shape index (κ1) is 31.3. The molecule has 0 bridgehead atoms. The van der Waals surface area contributed by atoms with Gasteiger partial charge in [0.05, 0.1) is 0 Å². The molecule has 0 aliphatic rings. The van der Waals surface area contributed by atoms with Crippen LogP contribution in [0.15, 0.2) is 114 Å². The number of furan rings is 1.